The maximum atomic E-state index is 5.66. The van der Waals surface area contributed by atoms with Crippen LogP contribution in [-0.4, -0.2) is 11.0 Å². The van der Waals surface area contributed by atoms with Gasteiger partial charge in [0.25, 0.3) is 0 Å². The molecule has 0 radical (unpaired) electrons. The highest BCUT2D eigenvalue weighted by Gasteiger charge is 1.99. The fourth-order valence-corrected chi connectivity index (χ4v) is 2.07. The quantitative estimate of drug-likeness (QED) is 0.868. The van der Waals surface area contributed by atoms with E-state index in [0.717, 1.165) is 18.0 Å². The zero-order valence-electron chi connectivity index (χ0n) is 10.7. The zero-order chi connectivity index (χ0) is 12.8. The van der Waals surface area contributed by atoms with Crippen LogP contribution in [0.25, 0.3) is 0 Å². The van der Waals surface area contributed by atoms with Crippen LogP contribution in [0.5, 0.6) is 5.75 Å². The number of thiophene rings is 1. The lowest BCUT2D eigenvalue weighted by Crippen LogP contribution is -2.22. The largest absolute Gasteiger partial charge is 0.486 e. The van der Waals surface area contributed by atoms with Crippen LogP contribution in [0.1, 0.15) is 24.4 Å². The zero-order valence-corrected chi connectivity index (χ0v) is 11.5. The van der Waals surface area contributed by atoms with Gasteiger partial charge in [-0.2, -0.15) is 0 Å². The second kappa shape index (κ2) is 6.52. The van der Waals surface area contributed by atoms with Gasteiger partial charge in [-0.1, -0.05) is 19.9 Å². The minimum Gasteiger partial charge on any atom is -0.486 e. The number of ether oxygens (including phenoxy) is 1. The second-order valence-electron chi connectivity index (χ2n) is 4.39. The Balaban J connectivity index is 1.83. The molecule has 0 spiro atoms. The summed E-state index contributed by atoms with van der Waals surface area (Å²) in [4.78, 5) is 5.59. The Morgan fingerprint density at radius 1 is 1.33 bits per heavy atom. The first kappa shape index (κ1) is 13.1. The number of nitrogens with zero attached hydrogens (tertiary/aromatic N) is 1. The minimum absolute atomic E-state index is 0.474. The van der Waals surface area contributed by atoms with Crippen molar-refractivity contribution in [2.75, 3.05) is 0 Å². The van der Waals surface area contributed by atoms with E-state index in [1.54, 1.807) is 17.5 Å². The first-order valence-corrected chi connectivity index (χ1v) is 6.95. The Labute approximate surface area is 112 Å². The van der Waals surface area contributed by atoms with Crippen molar-refractivity contribution < 1.29 is 4.74 Å². The second-order valence-corrected chi connectivity index (χ2v) is 5.42. The van der Waals surface area contributed by atoms with E-state index in [1.807, 2.05) is 18.2 Å². The molecule has 0 bridgehead atoms. The average Bonchev–Trinajstić information content (AvgIpc) is 2.88. The lowest BCUT2D eigenvalue weighted by Gasteiger charge is -2.08. The first-order valence-electron chi connectivity index (χ1n) is 6.07. The minimum atomic E-state index is 0.474. The van der Waals surface area contributed by atoms with Gasteiger partial charge in [-0.15, -0.1) is 11.3 Å². The first-order chi connectivity index (χ1) is 8.74. The Morgan fingerprint density at radius 2 is 2.22 bits per heavy atom. The molecule has 0 aliphatic rings. The van der Waals surface area contributed by atoms with E-state index in [4.69, 9.17) is 4.74 Å². The van der Waals surface area contributed by atoms with Crippen LogP contribution in [0.4, 0.5) is 0 Å². The van der Waals surface area contributed by atoms with Crippen molar-refractivity contribution in [1.29, 1.82) is 0 Å². The molecule has 1 N–H and O–H groups in total. The molecule has 0 unspecified atom stereocenters. The number of pyridine rings is 1. The van der Waals surface area contributed by atoms with E-state index in [9.17, 15) is 0 Å². The summed E-state index contributed by atoms with van der Waals surface area (Å²) in [6, 6.07) is 8.54. The number of rotatable bonds is 6. The molecule has 0 aromatic carbocycles. The fourth-order valence-electron chi connectivity index (χ4n) is 1.46. The average molecular weight is 262 g/mol. The third-order valence-corrected chi connectivity index (χ3v) is 3.30. The molecule has 2 aromatic heterocycles. The highest BCUT2D eigenvalue weighted by atomic mass is 32.1. The molecule has 2 rings (SSSR count). The van der Waals surface area contributed by atoms with Crippen molar-refractivity contribution >= 4 is 11.3 Å². The fraction of sp³-hybridized carbons (Fsp3) is 0.357. The van der Waals surface area contributed by atoms with Crippen LogP contribution in [0, 0.1) is 0 Å². The van der Waals surface area contributed by atoms with Crippen LogP contribution >= 0.6 is 11.3 Å². The molecular weight excluding hydrogens is 244 g/mol. The van der Waals surface area contributed by atoms with E-state index in [2.05, 4.69) is 35.6 Å². The van der Waals surface area contributed by atoms with Gasteiger partial charge < -0.3 is 10.1 Å². The van der Waals surface area contributed by atoms with Crippen LogP contribution in [-0.2, 0) is 13.2 Å². The maximum absolute atomic E-state index is 5.66. The molecule has 4 heteroatoms. The summed E-state index contributed by atoms with van der Waals surface area (Å²) < 4.78 is 5.66. The maximum Gasteiger partial charge on any atom is 0.138 e. The van der Waals surface area contributed by atoms with E-state index in [0.29, 0.717) is 12.6 Å². The Bertz CT molecular complexity index is 451. The highest BCUT2D eigenvalue weighted by molar-refractivity contribution is 7.09. The predicted molar refractivity (Wildman–Crippen MR) is 74.9 cm³/mol. The summed E-state index contributed by atoms with van der Waals surface area (Å²) in [7, 11) is 0. The van der Waals surface area contributed by atoms with Crippen molar-refractivity contribution in [3.8, 4) is 5.75 Å². The Hall–Kier alpha value is -1.39. The van der Waals surface area contributed by atoms with Crippen LogP contribution in [0.3, 0.4) is 0 Å². The van der Waals surface area contributed by atoms with Gasteiger partial charge >= 0.3 is 0 Å². The van der Waals surface area contributed by atoms with Crippen molar-refractivity contribution in [1.82, 2.24) is 10.3 Å². The molecule has 0 aliphatic carbocycles. The number of hydrogen-bond acceptors (Lipinski definition) is 4. The molecule has 0 aliphatic heterocycles. The number of nitrogens with one attached hydrogen (secondary N) is 1. The lowest BCUT2D eigenvalue weighted by molar-refractivity contribution is 0.308. The standard InChI is InChI=1S/C14H18N2OS/c1-11(2)15-8-12-5-6-13(9-16-12)17-10-14-4-3-7-18-14/h3-7,9,11,15H,8,10H2,1-2H3. The van der Waals surface area contributed by atoms with Gasteiger partial charge in [0.2, 0.25) is 0 Å². The Kier molecular flexibility index (Phi) is 4.73. The summed E-state index contributed by atoms with van der Waals surface area (Å²) in [5.74, 6) is 0.816. The topological polar surface area (TPSA) is 34.1 Å². The van der Waals surface area contributed by atoms with Gasteiger partial charge in [0.15, 0.2) is 0 Å². The van der Waals surface area contributed by atoms with Crippen LogP contribution in [0.2, 0.25) is 0 Å². The summed E-state index contributed by atoms with van der Waals surface area (Å²) in [6.45, 7) is 5.66. The summed E-state index contributed by atoms with van der Waals surface area (Å²) in [5, 5.41) is 5.39. The molecule has 0 fully saturated rings. The van der Waals surface area contributed by atoms with E-state index in [1.165, 1.54) is 4.88 Å². The third-order valence-electron chi connectivity index (χ3n) is 2.45. The van der Waals surface area contributed by atoms with Crippen molar-refractivity contribution in [3.05, 3.63) is 46.4 Å². The van der Waals surface area contributed by atoms with Gasteiger partial charge in [0, 0.05) is 17.5 Å². The molecule has 0 atom stereocenters. The van der Waals surface area contributed by atoms with Gasteiger partial charge in [-0.25, -0.2) is 0 Å². The molecule has 18 heavy (non-hydrogen) atoms. The molecule has 0 saturated carbocycles. The van der Waals surface area contributed by atoms with E-state index < -0.39 is 0 Å². The molecular formula is C14H18N2OS. The van der Waals surface area contributed by atoms with Crippen LogP contribution < -0.4 is 10.1 Å². The van der Waals surface area contributed by atoms with E-state index in [-0.39, 0.29) is 0 Å². The number of aromatic nitrogens is 1. The molecule has 3 nitrogen and oxygen atoms in total. The summed E-state index contributed by atoms with van der Waals surface area (Å²) in [6.07, 6.45) is 1.78. The van der Waals surface area contributed by atoms with Gasteiger partial charge in [0.05, 0.1) is 11.9 Å². The van der Waals surface area contributed by atoms with Gasteiger partial charge in [0.1, 0.15) is 12.4 Å². The van der Waals surface area contributed by atoms with Gasteiger partial charge in [-0.3, -0.25) is 4.98 Å². The number of hydrogen-bond donors (Lipinski definition) is 1. The Morgan fingerprint density at radius 3 is 2.83 bits per heavy atom. The monoisotopic (exact) mass is 262 g/mol. The third kappa shape index (κ3) is 4.13. The molecule has 96 valence electrons. The SMILES string of the molecule is CC(C)NCc1ccc(OCc2cccs2)cn1. The van der Waals surface area contributed by atoms with Crippen molar-refractivity contribution in [2.24, 2.45) is 0 Å². The molecule has 2 heterocycles. The van der Waals surface area contributed by atoms with Gasteiger partial charge in [-0.05, 0) is 23.6 Å². The normalized spacial score (nSPS) is 10.8. The molecule has 0 saturated heterocycles. The molecule has 2 aromatic rings. The summed E-state index contributed by atoms with van der Waals surface area (Å²) >= 11 is 1.70. The smallest absolute Gasteiger partial charge is 0.138 e. The van der Waals surface area contributed by atoms with Crippen molar-refractivity contribution in [3.63, 3.8) is 0 Å². The lowest BCUT2D eigenvalue weighted by atomic mass is 10.3. The molecule has 0 amide bonds. The van der Waals surface area contributed by atoms with Crippen molar-refractivity contribution in [2.45, 2.75) is 33.0 Å². The summed E-state index contributed by atoms with van der Waals surface area (Å²) in [5.41, 5.74) is 1.03. The van der Waals surface area contributed by atoms with E-state index >= 15 is 0 Å². The predicted octanol–water partition coefficient (Wildman–Crippen LogP) is 3.22. The highest BCUT2D eigenvalue weighted by Crippen LogP contribution is 2.14. The van der Waals surface area contributed by atoms with Crippen LogP contribution in [0.15, 0.2) is 35.8 Å².